The molecule has 0 fully saturated rings. The monoisotopic (exact) mass is 359 g/mol. The van der Waals surface area contributed by atoms with Gasteiger partial charge in [0, 0.05) is 23.6 Å². The van der Waals surface area contributed by atoms with Gasteiger partial charge in [-0.2, -0.15) is 5.26 Å². The van der Waals surface area contributed by atoms with Crippen LogP contribution in [0.4, 0.5) is 0 Å². The highest BCUT2D eigenvalue weighted by Gasteiger charge is 2.10. The largest absolute Gasteiger partial charge is 0.497 e. The van der Waals surface area contributed by atoms with Crippen molar-refractivity contribution in [3.63, 3.8) is 0 Å². The number of fused-ring (bicyclic) bond motifs is 1. The van der Waals surface area contributed by atoms with Gasteiger partial charge in [-0.3, -0.25) is 4.79 Å². The average molecular weight is 359 g/mol. The van der Waals surface area contributed by atoms with Crippen molar-refractivity contribution in [1.29, 1.82) is 5.26 Å². The zero-order valence-electron chi connectivity index (χ0n) is 15.4. The number of carbonyl (C=O) groups is 1. The first-order chi connectivity index (χ1) is 13.1. The predicted molar refractivity (Wildman–Crippen MR) is 106 cm³/mol. The summed E-state index contributed by atoms with van der Waals surface area (Å²) in [5.41, 5.74) is 4.06. The van der Waals surface area contributed by atoms with Gasteiger partial charge in [0.15, 0.2) is 0 Å². The van der Waals surface area contributed by atoms with Gasteiger partial charge in [-0.05, 0) is 54.3 Å². The summed E-state index contributed by atoms with van der Waals surface area (Å²) in [7, 11) is 1.60. The number of H-pyrrole nitrogens is 1. The number of para-hydroxylation sites is 1. The van der Waals surface area contributed by atoms with Crippen molar-refractivity contribution >= 4 is 22.9 Å². The van der Waals surface area contributed by atoms with Gasteiger partial charge in [0.25, 0.3) is 5.91 Å². The molecule has 5 heteroatoms. The van der Waals surface area contributed by atoms with E-state index in [-0.39, 0.29) is 11.5 Å². The normalized spacial score (nSPS) is 11.2. The highest BCUT2D eigenvalue weighted by atomic mass is 16.5. The lowest BCUT2D eigenvalue weighted by Crippen LogP contribution is -2.26. The molecule has 0 atom stereocenters. The SMILES string of the molecule is COc1ccc(/C=C(/C#N)C(=O)NCCc2c[nH]c3ccccc23)c(C)c1. The summed E-state index contributed by atoms with van der Waals surface area (Å²) in [6.07, 6.45) is 4.25. The molecule has 0 aliphatic carbocycles. The van der Waals surface area contributed by atoms with E-state index in [4.69, 9.17) is 4.74 Å². The molecule has 0 aliphatic rings. The number of rotatable bonds is 6. The van der Waals surface area contributed by atoms with E-state index in [0.29, 0.717) is 13.0 Å². The first-order valence-electron chi connectivity index (χ1n) is 8.72. The third-order valence-corrected chi connectivity index (χ3v) is 4.50. The molecule has 2 aromatic carbocycles. The van der Waals surface area contributed by atoms with Gasteiger partial charge in [0.2, 0.25) is 0 Å². The van der Waals surface area contributed by atoms with Crippen LogP contribution in [0.5, 0.6) is 5.75 Å². The Labute approximate surface area is 158 Å². The minimum Gasteiger partial charge on any atom is -0.497 e. The van der Waals surface area contributed by atoms with Crippen LogP contribution in [0.2, 0.25) is 0 Å². The molecular weight excluding hydrogens is 338 g/mol. The fourth-order valence-electron chi connectivity index (χ4n) is 2.99. The van der Waals surface area contributed by atoms with Gasteiger partial charge < -0.3 is 15.0 Å². The molecule has 2 N–H and O–H groups in total. The molecule has 0 radical (unpaired) electrons. The number of amides is 1. The molecule has 0 saturated heterocycles. The standard InChI is InChI=1S/C22H21N3O2/c1-15-11-19(27-2)8-7-16(15)12-18(13-23)22(26)24-10-9-17-14-25-21-6-4-3-5-20(17)21/h3-8,11-12,14,25H,9-10H2,1-2H3,(H,24,26)/b18-12-. The molecule has 1 heterocycles. The minimum atomic E-state index is -0.368. The van der Waals surface area contributed by atoms with Crippen LogP contribution in [0, 0.1) is 18.3 Å². The molecule has 27 heavy (non-hydrogen) atoms. The van der Waals surface area contributed by atoms with Crippen LogP contribution in [0.25, 0.3) is 17.0 Å². The quantitative estimate of drug-likeness (QED) is 0.520. The molecular formula is C22H21N3O2. The summed E-state index contributed by atoms with van der Waals surface area (Å²) in [5, 5.41) is 13.3. The maximum atomic E-state index is 12.4. The Morgan fingerprint density at radius 3 is 2.85 bits per heavy atom. The number of hydrogen-bond acceptors (Lipinski definition) is 3. The second-order valence-electron chi connectivity index (χ2n) is 6.26. The smallest absolute Gasteiger partial charge is 0.261 e. The zero-order chi connectivity index (χ0) is 19.2. The Kier molecular flexibility index (Phi) is 5.58. The Bertz CT molecular complexity index is 1040. The van der Waals surface area contributed by atoms with Crippen molar-refractivity contribution in [3.8, 4) is 11.8 Å². The summed E-state index contributed by atoms with van der Waals surface area (Å²) in [5.74, 6) is 0.374. The van der Waals surface area contributed by atoms with Gasteiger partial charge in [0.1, 0.15) is 17.4 Å². The topological polar surface area (TPSA) is 77.9 Å². The van der Waals surface area contributed by atoms with Gasteiger partial charge in [0.05, 0.1) is 7.11 Å². The van der Waals surface area contributed by atoms with Crippen molar-refractivity contribution in [2.75, 3.05) is 13.7 Å². The van der Waals surface area contributed by atoms with Gasteiger partial charge in [-0.1, -0.05) is 24.3 Å². The van der Waals surface area contributed by atoms with E-state index < -0.39 is 0 Å². The lowest BCUT2D eigenvalue weighted by Gasteiger charge is -2.06. The maximum Gasteiger partial charge on any atom is 0.261 e. The van der Waals surface area contributed by atoms with Gasteiger partial charge >= 0.3 is 0 Å². The molecule has 3 aromatic rings. The molecule has 0 saturated carbocycles. The minimum absolute atomic E-state index is 0.0854. The molecule has 1 amide bonds. The number of aryl methyl sites for hydroxylation is 1. The van der Waals surface area contributed by atoms with Crippen molar-refractivity contribution < 1.29 is 9.53 Å². The number of aromatic nitrogens is 1. The van der Waals surface area contributed by atoms with Crippen LogP contribution in [0.1, 0.15) is 16.7 Å². The van der Waals surface area contributed by atoms with E-state index in [1.54, 1.807) is 13.2 Å². The second kappa shape index (κ2) is 8.24. The summed E-state index contributed by atoms with van der Waals surface area (Å²) in [6.45, 7) is 2.37. The lowest BCUT2D eigenvalue weighted by molar-refractivity contribution is -0.117. The fraction of sp³-hybridized carbons (Fsp3) is 0.182. The fourth-order valence-corrected chi connectivity index (χ4v) is 2.99. The Morgan fingerprint density at radius 1 is 1.30 bits per heavy atom. The molecule has 0 spiro atoms. The average Bonchev–Trinajstić information content (AvgIpc) is 3.10. The maximum absolute atomic E-state index is 12.4. The molecule has 5 nitrogen and oxygen atoms in total. The Hall–Kier alpha value is -3.52. The van der Waals surface area contributed by atoms with Crippen LogP contribution in [0.15, 0.2) is 54.2 Å². The van der Waals surface area contributed by atoms with Crippen LogP contribution in [-0.2, 0) is 11.2 Å². The summed E-state index contributed by atoms with van der Waals surface area (Å²) < 4.78 is 5.18. The third-order valence-electron chi connectivity index (χ3n) is 4.50. The van der Waals surface area contributed by atoms with Crippen molar-refractivity contribution in [3.05, 3.63) is 70.9 Å². The highest BCUT2D eigenvalue weighted by molar-refractivity contribution is 6.01. The van der Waals surface area contributed by atoms with E-state index in [1.807, 2.05) is 55.6 Å². The molecule has 136 valence electrons. The number of hydrogen-bond donors (Lipinski definition) is 2. The molecule has 0 aliphatic heterocycles. The van der Waals surface area contributed by atoms with Crippen LogP contribution < -0.4 is 10.1 Å². The number of ether oxygens (including phenoxy) is 1. The number of nitriles is 1. The Balaban J connectivity index is 1.66. The van der Waals surface area contributed by atoms with Crippen LogP contribution in [-0.4, -0.2) is 24.5 Å². The predicted octanol–water partition coefficient (Wildman–Crippen LogP) is 3.75. The Morgan fingerprint density at radius 2 is 2.11 bits per heavy atom. The summed E-state index contributed by atoms with van der Waals surface area (Å²) in [4.78, 5) is 15.6. The number of carbonyl (C=O) groups excluding carboxylic acids is 1. The molecule has 0 unspecified atom stereocenters. The van der Waals surface area contributed by atoms with Crippen molar-refractivity contribution in [2.24, 2.45) is 0 Å². The lowest BCUT2D eigenvalue weighted by atomic mass is 10.1. The van der Waals surface area contributed by atoms with E-state index in [2.05, 4.69) is 16.4 Å². The van der Waals surface area contributed by atoms with E-state index in [0.717, 1.165) is 33.3 Å². The number of methoxy groups -OCH3 is 1. The highest BCUT2D eigenvalue weighted by Crippen LogP contribution is 2.20. The summed E-state index contributed by atoms with van der Waals surface area (Å²) >= 11 is 0. The third kappa shape index (κ3) is 4.18. The van der Waals surface area contributed by atoms with Crippen molar-refractivity contribution in [2.45, 2.75) is 13.3 Å². The van der Waals surface area contributed by atoms with Crippen molar-refractivity contribution in [1.82, 2.24) is 10.3 Å². The van der Waals surface area contributed by atoms with E-state index in [1.165, 1.54) is 0 Å². The number of nitrogens with zero attached hydrogens (tertiary/aromatic N) is 1. The molecule has 3 rings (SSSR count). The number of nitrogens with one attached hydrogen (secondary N) is 2. The van der Waals surface area contributed by atoms with Crippen LogP contribution in [0.3, 0.4) is 0 Å². The first kappa shape index (κ1) is 18.3. The summed E-state index contributed by atoms with van der Waals surface area (Å²) in [6, 6.07) is 15.6. The van der Waals surface area contributed by atoms with Gasteiger partial charge in [-0.15, -0.1) is 0 Å². The van der Waals surface area contributed by atoms with Crippen LogP contribution >= 0.6 is 0 Å². The van der Waals surface area contributed by atoms with Gasteiger partial charge in [-0.25, -0.2) is 0 Å². The van der Waals surface area contributed by atoms with E-state index in [9.17, 15) is 10.1 Å². The molecule has 1 aromatic heterocycles. The molecule has 0 bridgehead atoms. The second-order valence-corrected chi connectivity index (χ2v) is 6.26. The number of benzene rings is 2. The number of aromatic amines is 1. The first-order valence-corrected chi connectivity index (χ1v) is 8.72. The van der Waals surface area contributed by atoms with E-state index >= 15 is 0 Å². The zero-order valence-corrected chi connectivity index (χ0v) is 15.4.